The topological polar surface area (TPSA) is 20.3 Å². The normalized spacial score (nSPS) is 12.3. The zero-order chi connectivity index (χ0) is 24.3. The molecular formula is C28H61N3O+2. The maximum Gasteiger partial charge on any atom is 0.222 e. The summed E-state index contributed by atoms with van der Waals surface area (Å²) in [5.74, 6) is 0.385. The van der Waals surface area contributed by atoms with Gasteiger partial charge in [-0.1, -0.05) is 84.0 Å². The average molecular weight is 456 g/mol. The Hall–Kier alpha value is -0.610. The number of hydrogen-bond donors (Lipinski definition) is 0. The van der Waals surface area contributed by atoms with Crippen molar-refractivity contribution in [1.82, 2.24) is 4.90 Å². The molecule has 0 saturated carbocycles. The maximum atomic E-state index is 12.9. The Kier molecular flexibility index (Phi) is 18.4. The first-order chi connectivity index (χ1) is 15.0. The Bertz CT molecular complexity index is 417. The molecule has 32 heavy (non-hydrogen) atoms. The van der Waals surface area contributed by atoms with Crippen LogP contribution >= 0.6 is 0 Å². The van der Waals surface area contributed by atoms with Gasteiger partial charge >= 0.3 is 0 Å². The second-order valence-electron chi connectivity index (χ2n) is 12.1. The fraction of sp³-hybridized carbons (Fsp3) is 0.964. The first-order valence-corrected chi connectivity index (χ1v) is 13.9. The van der Waals surface area contributed by atoms with E-state index in [2.05, 4.69) is 54.1 Å². The van der Waals surface area contributed by atoms with Crippen LogP contribution in [0.5, 0.6) is 0 Å². The summed E-state index contributed by atoms with van der Waals surface area (Å²) in [5, 5.41) is 0. The van der Waals surface area contributed by atoms with E-state index in [1.165, 1.54) is 77.0 Å². The van der Waals surface area contributed by atoms with Crippen molar-refractivity contribution in [2.75, 3.05) is 68.5 Å². The average Bonchev–Trinajstić information content (AvgIpc) is 2.68. The number of amides is 1. The molecule has 0 aromatic heterocycles. The smallest absolute Gasteiger partial charge is 0.222 e. The summed E-state index contributed by atoms with van der Waals surface area (Å²) < 4.78 is 1.94. The van der Waals surface area contributed by atoms with Crippen LogP contribution in [0.2, 0.25) is 0 Å². The Labute approximate surface area is 202 Å². The van der Waals surface area contributed by atoms with Crippen LogP contribution in [0.15, 0.2) is 0 Å². The number of carbonyl (C=O) groups is 1. The summed E-state index contributed by atoms with van der Waals surface area (Å²) in [5.41, 5.74) is 0. The summed E-state index contributed by atoms with van der Waals surface area (Å²) in [6, 6.07) is 0. The first-order valence-electron chi connectivity index (χ1n) is 13.9. The van der Waals surface area contributed by atoms with E-state index in [9.17, 15) is 4.79 Å². The Morgan fingerprint density at radius 2 is 0.875 bits per heavy atom. The minimum absolute atomic E-state index is 0.385. The van der Waals surface area contributed by atoms with Crippen molar-refractivity contribution < 1.29 is 13.8 Å². The lowest BCUT2D eigenvalue weighted by Crippen LogP contribution is -2.41. The largest absolute Gasteiger partial charge is 0.342 e. The molecule has 0 aromatic carbocycles. The third kappa shape index (κ3) is 22.6. The van der Waals surface area contributed by atoms with Gasteiger partial charge in [0.25, 0.3) is 0 Å². The number of rotatable bonds is 22. The summed E-state index contributed by atoms with van der Waals surface area (Å²) >= 11 is 0. The van der Waals surface area contributed by atoms with Crippen molar-refractivity contribution in [3.05, 3.63) is 0 Å². The molecule has 4 nitrogen and oxygen atoms in total. The molecule has 0 spiro atoms. The van der Waals surface area contributed by atoms with Crippen LogP contribution in [0.1, 0.15) is 110 Å². The van der Waals surface area contributed by atoms with Crippen molar-refractivity contribution in [3.8, 4) is 0 Å². The van der Waals surface area contributed by atoms with Gasteiger partial charge in [-0.15, -0.1) is 0 Å². The molecule has 0 N–H and O–H groups in total. The lowest BCUT2D eigenvalue weighted by Gasteiger charge is -2.29. The zero-order valence-electron chi connectivity index (χ0n) is 23.4. The van der Waals surface area contributed by atoms with Gasteiger partial charge in [-0.3, -0.25) is 4.79 Å². The van der Waals surface area contributed by atoms with Crippen LogP contribution in [0.4, 0.5) is 0 Å². The highest BCUT2D eigenvalue weighted by Gasteiger charge is 2.16. The van der Waals surface area contributed by atoms with Crippen LogP contribution in [-0.4, -0.2) is 88.2 Å². The van der Waals surface area contributed by atoms with Crippen molar-refractivity contribution >= 4 is 5.91 Å². The van der Waals surface area contributed by atoms with E-state index in [0.29, 0.717) is 5.91 Å². The monoisotopic (exact) mass is 455 g/mol. The molecule has 4 heteroatoms. The van der Waals surface area contributed by atoms with E-state index in [4.69, 9.17) is 0 Å². The van der Waals surface area contributed by atoms with Gasteiger partial charge in [0.2, 0.25) is 5.91 Å². The molecule has 0 saturated heterocycles. The number of hydrogen-bond acceptors (Lipinski definition) is 1. The number of unbranched alkanes of at least 4 members (excludes halogenated alkanes) is 12. The van der Waals surface area contributed by atoms with Gasteiger partial charge in [-0.2, -0.15) is 0 Å². The quantitative estimate of drug-likeness (QED) is 0.135. The molecule has 0 rings (SSSR count). The Balaban J connectivity index is 3.93. The van der Waals surface area contributed by atoms with E-state index in [-0.39, 0.29) is 0 Å². The standard InChI is InChI=1S/C28H61N3O/c1-8-9-10-11-12-13-14-15-16-17-18-19-20-23-28(32)29(24-21-26-30(2,3)4)25-22-27-31(5,6)7/h8-27H2,1-7H3/q+2. The van der Waals surface area contributed by atoms with E-state index in [1.807, 2.05) is 0 Å². The van der Waals surface area contributed by atoms with E-state index in [0.717, 1.165) is 60.8 Å². The lowest BCUT2D eigenvalue weighted by molar-refractivity contribution is -0.870. The third-order valence-electron chi connectivity index (χ3n) is 6.36. The van der Waals surface area contributed by atoms with Crippen molar-refractivity contribution in [1.29, 1.82) is 0 Å². The maximum absolute atomic E-state index is 12.9. The Morgan fingerprint density at radius 3 is 1.22 bits per heavy atom. The second-order valence-corrected chi connectivity index (χ2v) is 12.1. The van der Waals surface area contributed by atoms with E-state index < -0.39 is 0 Å². The SMILES string of the molecule is CCCCCCCCCCCCCCCC(=O)N(CCC[N+](C)(C)C)CCC[N+](C)(C)C. The van der Waals surface area contributed by atoms with Crippen LogP contribution in [0.3, 0.4) is 0 Å². The fourth-order valence-corrected chi connectivity index (χ4v) is 4.29. The molecule has 0 atom stereocenters. The third-order valence-corrected chi connectivity index (χ3v) is 6.36. The summed E-state index contributed by atoms with van der Waals surface area (Å²) in [4.78, 5) is 15.0. The van der Waals surface area contributed by atoms with Gasteiger partial charge in [-0.25, -0.2) is 0 Å². The summed E-state index contributed by atoms with van der Waals surface area (Å²) in [6.45, 7) is 6.37. The van der Waals surface area contributed by atoms with Gasteiger partial charge in [0.05, 0.1) is 55.4 Å². The molecule has 1 amide bonds. The predicted molar refractivity (Wildman–Crippen MR) is 142 cm³/mol. The van der Waals surface area contributed by atoms with Crippen molar-refractivity contribution in [2.45, 2.75) is 110 Å². The molecule has 0 aliphatic carbocycles. The zero-order valence-corrected chi connectivity index (χ0v) is 23.4. The molecule has 0 bridgehead atoms. The molecule has 0 unspecified atom stereocenters. The molecule has 0 fully saturated rings. The lowest BCUT2D eigenvalue weighted by atomic mass is 10.0. The van der Waals surface area contributed by atoms with Crippen LogP contribution in [0.25, 0.3) is 0 Å². The highest BCUT2D eigenvalue weighted by molar-refractivity contribution is 5.76. The van der Waals surface area contributed by atoms with E-state index in [1.54, 1.807) is 0 Å². The van der Waals surface area contributed by atoms with Crippen molar-refractivity contribution in [3.63, 3.8) is 0 Å². The molecular weight excluding hydrogens is 394 g/mol. The molecule has 0 heterocycles. The van der Waals surface area contributed by atoms with E-state index >= 15 is 0 Å². The highest BCUT2D eigenvalue weighted by atomic mass is 16.2. The molecule has 192 valence electrons. The fourth-order valence-electron chi connectivity index (χ4n) is 4.29. The minimum Gasteiger partial charge on any atom is -0.342 e. The molecule has 0 aliphatic heterocycles. The van der Waals surface area contributed by atoms with Crippen LogP contribution in [0, 0.1) is 0 Å². The van der Waals surface area contributed by atoms with Gasteiger partial charge in [0.15, 0.2) is 0 Å². The predicted octanol–water partition coefficient (Wildman–Crippen LogP) is 6.49. The van der Waals surface area contributed by atoms with Crippen LogP contribution < -0.4 is 0 Å². The van der Waals surface area contributed by atoms with Gasteiger partial charge < -0.3 is 13.9 Å². The van der Waals surface area contributed by atoms with Crippen LogP contribution in [-0.2, 0) is 4.79 Å². The molecule has 0 aromatic rings. The number of carbonyl (C=O) groups excluding carboxylic acids is 1. The molecule has 0 radical (unpaired) electrons. The van der Waals surface area contributed by atoms with Crippen molar-refractivity contribution in [2.24, 2.45) is 0 Å². The van der Waals surface area contributed by atoms with Gasteiger partial charge in [0.1, 0.15) is 0 Å². The Morgan fingerprint density at radius 1 is 0.531 bits per heavy atom. The second kappa shape index (κ2) is 18.8. The minimum atomic E-state index is 0.385. The number of quaternary nitrogens is 2. The highest BCUT2D eigenvalue weighted by Crippen LogP contribution is 2.13. The first kappa shape index (κ1) is 31.4. The summed E-state index contributed by atoms with van der Waals surface area (Å²) in [7, 11) is 13.4. The molecule has 0 aliphatic rings. The number of nitrogens with zero attached hydrogens (tertiary/aromatic N) is 3. The summed E-state index contributed by atoms with van der Waals surface area (Å²) in [6.07, 6.45) is 20.5. The van der Waals surface area contributed by atoms with Gasteiger partial charge in [-0.05, 0) is 6.42 Å². The van der Waals surface area contributed by atoms with Gasteiger partial charge in [0, 0.05) is 32.4 Å².